The lowest BCUT2D eigenvalue weighted by Crippen LogP contribution is -2.33. The van der Waals surface area contributed by atoms with Crippen LogP contribution in [0, 0.1) is 0 Å². The van der Waals surface area contributed by atoms with Gasteiger partial charge in [-0.15, -0.1) is 0 Å². The summed E-state index contributed by atoms with van der Waals surface area (Å²) < 4.78 is 38.8. The van der Waals surface area contributed by atoms with Crippen LogP contribution in [-0.4, -0.2) is 39.1 Å². The summed E-state index contributed by atoms with van der Waals surface area (Å²) in [5.41, 5.74) is -0.0592. The lowest BCUT2D eigenvalue weighted by Gasteiger charge is -2.22. The second-order valence-electron chi connectivity index (χ2n) is 7.28. The molecule has 1 fully saturated rings. The highest BCUT2D eigenvalue weighted by molar-refractivity contribution is 6.33. The Morgan fingerprint density at radius 2 is 2.00 bits per heavy atom. The van der Waals surface area contributed by atoms with Crippen LogP contribution in [-0.2, 0) is 11.0 Å². The van der Waals surface area contributed by atoms with E-state index in [9.17, 15) is 18.0 Å². The van der Waals surface area contributed by atoms with E-state index in [0.717, 1.165) is 36.6 Å². The molecule has 1 aromatic heterocycles. The number of aromatic amines is 1. The van der Waals surface area contributed by atoms with Crippen molar-refractivity contribution in [2.75, 3.05) is 18.4 Å². The van der Waals surface area contributed by atoms with Gasteiger partial charge in [0.05, 0.1) is 28.9 Å². The van der Waals surface area contributed by atoms with E-state index < -0.39 is 17.6 Å². The topological polar surface area (TPSA) is 73.9 Å². The Morgan fingerprint density at radius 1 is 1.23 bits per heavy atom. The molecule has 1 atom stereocenters. The van der Waals surface area contributed by atoms with Crippen LogP contribution >= 0.6 is 11.6 Å². The number of rotatable bonds is 5. The summed E-state index contributed by atoms with van der Waals surface area (Å²) in [5, 5.41) is 9.76. The van der Waals surface area contributed by atoms with Crippen LogP contribution in [0.2, 0.25) is 5.02 Å². The van der Waals surface area contributed by atoms with E-state index in [1.165, 1.54) is 0 Å². The van der Waals surface area contributed by atoms with Gasteiger partial charge in [0.2, 0.25) is 5.91 Å². The molecule has 3 aromatic rings. The first kappa shape index (κ1) is 21.3. The summed E-state index contributed by atoms with van der Waals surface area (Å²) in [6.45, 7) is 0.661. The first-order chi connectivity index (χ1) is 14.8. The Labute approximate surface area is 181 Å². The van der Waals surface area contributed by atoms with Gasteiger partial charge in [0.25, 0.3) is 0 Å². The standard InChI is InChI=1S/C21H19ClF3N5O/c22-15-9-8-14(21(23,24)25)11-16(15)26-18(31)12-30-10-4-7-17(30)20-27-19(28-29-20)13-5-2-1-3-6-13/h1-3,5-6,8-9,11,17H,4,7,10,12H2,(H,26,31)(H,27,28,29)/t17-/m0/s1. The molecule has 10 heteroatoms. The minimum absolute atomic E-state index is 0.00138. The average Bonchev–Trinajstić information content (AvgIpc) is 3.39. The van der Waals surface area contributed by atoms with Gasteiger partial charge >= 0.3 is 6.18 Å². The first-order valence-corrected chi connectivity index (χ1v) is 10.1. The van der Waals surface area contributed by atoms with Gasteiger partial charge in [-0.05, 0) is 37.6 Å². The van der Waals surface area contributed by atoms with Gasteiger partial charge in [0, 0.05) is 5.56 Å². The lowest BCUT2D eigenvalue weighted by molar-refractivity contribution is -0.137. The molecule has 2 N–H and O–H groups in total. The zero-order valence-electron chi connectivity index (χ0n) is 16.3. The van der Waals surface area contributed by atoms with E-state index in [4.69, 9.17) is 11.6 Å². The number of aromatic nitrogens is 3. The molecule has 0 unspecified atom stereocenters. The molecule has 31 heavy (non-hydrogen) atoms. The molecular weight excluding hydrogens is 431 g/mol. The molecule has 0 aliphatic carbocycles. The highest BCUT2D eigenvalue weighted by Gasteiger charge is 2.32. The fourth-order valence-electron chi connectivity index (χ4n) is 3.64. The second kappa shape index (κ2) is 8.68. The lowest BCUT2D eigenvalue weighted by atomic mass is 10.2. The van der Waals surface area contributed by atoms with Crippen molar-refractivity contribution in [2.45, 2.75) is 25.1 Å². The number of benzene rings is 2. The van der Waals surface area contributed by atoms with Crippen molar-refractivity contribution in [1.82, 2.24) is 20.1 Å². The molecule has 4 rings (SSSR count). The van der Waals surface area contributed by atoms with E-state index in [1.54, 1.807) is 0 Å². The minimum Gasteiger partial charge on any atom is -0.324 e. The van der Waals surface area contributed by atoms with Gasteiger partial charge in [-0.3, -0.25) is 14.8 Å². The number of H-pyrrole nitrogens is 1. The van der Waals surface area contributed by atoms with Crippen molar-refractivity contribution in [3.8, 4) is 11.4 Å². The predicted octanol–water partition coefficient (Wildman–Crippen LogP) is 4.92. The molecule has 0 bridgehead atoms. The molecule has 1 amide bonds. The summed E-state index contributed by atoms with van der Waals surface area (Å²) in [6.07, 6.45) is -2.86. The molecule has 1 aliphatic heterocycles. The smallest absolute Gasteiger partial charge is 0.324 e. The third-order valence-corrected chi connectivity index (χ3v) is 5.46. The van der Waals surface area contributed by atoms with E-state index in [0.29, 0.717) is 18.2 Å². The number of likely N-dealkylation sites (tertiary alicyclic amines) is 1. The number of amides is 1. The van der Waals surface area contributed by atoms with Gasteiger partial charge in [-0.1, -0.05) is 41.9 Å². The number of carbonyl (C=O) groups is 1. The Hall–Kier alpha value is -2.91. The largest absolute Gasteiger partial charge is 0.416 e. The molecule has 6 nitrogen and oxygen atoms in total. The maximum Gasteiger partial charge on any atom is 0.416 e. The second-order valence-corrected chi connectivity index (χ2v) is 7.69. The number of halogens is 4. The highest BCUT2D eigenvalue weighted by atomic mass is 35.5. The van der Waals surface area contributed by atoms with E-state index >= 15 is 0 Å². The Morgan fingerprint density at radius 3 is 2.74 bits per heavy atom. The average molecular weight is 450 g/mol. The molecule has 1 saturated heterocycles. The van der Waals surface area contributed by atoms with Crippen LogP contribution in [0.25, 0.3) is 11.4 Å². The number of alkyl halides is 3. The number of hydrogen-bond donors (Lipinski definition) is 2. The van der Waals surface area contributed by atoms with Crippen LogP contribution in [0.3, 0.4) is 0 Å². The van der Waals surface area contributed by atoms with Gasteiger partial charge in [0.1, 0.15) is 5.82 Å². The van der Waals surface area contributed by atoms with E-state index in [2.05, 4.69) is 20.5 Å². The van der Waals surface area contributed by atoms with Gasteiger partial charge in [-0.2, -0.15) is 18.3 Å². The fourth-order valence-corrected chi connectivity index (χ4v) is 3.80. The Bertz CT molecular complexity index is 1070. The molecule has 0 radical (unpaired) electrons. The number of nitrogens with zero attached hydrogens (tertiary/aromatic N) is 3. The quantitative estimate of drug-likeness (QED) is 0.580. The maximum atomic E-state index is 12.9. The van der Waals surface area contributed by atoms with Gasteiger partial charge < -0.3 is 5.32 Å². The van der Waals surface area contributed by atoms with Crippen LogP contribution in [0.4, 0.5) is 18.9 Å². The summed E-state index contributed by atoms with van der Waals surface area (Å²) in [7, 11) is 0. The predicted molar refractivity (Wildman–Crippen MR) is 110 cm³/mol. The highest BCUT2D eigenvalue weighted by Crippen LogP contribution is 2.34. The van der Waals surface area contributed by atoms with Crippen molar-refractivity contribution in [3.05, 3.63) is 64.9 Å². The zero-order chi connectivity index (χ0) is 22.0. The molecule has 0 spiro atoms. The van der Waals surface area contributed by atoms with Gasteiger partial charge in [-0.25, -0.2) is 4.98 Å². The molecule has 162 valence electrons. The van der Waals surface area contributed by atoms with E-state index in [1.807, 2.05) is 35.2 Å². The summed E-state index contributed by atoms with van der Waals surface area (Å²) in [5.74, 6) is 0.778. The summed E-state index contributed by atoms with van der Waals surface area (Å²) in [6, 6.07) is 12.2. The molecule has 2 aromatic carbocycles. The van der Waals surface area contributed by atoms with Crippen LogP contribution in [0.15, 0.2) is 48.5 Å². The molecule has 1 aliphatic rings. The summed E-state index contributed by atoms with van der Waals surface area (Å²) >= 11 is 5.97. The molecule has 0 saturated carbocycles. The fraction of sp³-hybridized carbons (Fsp3) is 0.286. The van der Waals surface area contributed by atoms with Crippen molar-refractivity contribution in [2.24, 2.45) is 0 Å². The van der Waals surface area contributed by atoms with Crippen molar-refractivity contribution < 1.29 is 18.0 Å². The monoisotopic (exact) mass is 449 g/mol. The first-order valence-electron chi connectivity index (χ1n) is 9.69. The number of nitrogens with one attached hydrogen (secondary N) is 2. The van der Waals surface area contributed by atoms with E-state index in [-0.39, 0.29) is 23.3 Å². The number of anilines is 1. The third kappa shape index (κ3) is 4.88. The van der Waals surface area contributed by atoms with Crippen LogP contribution < -0.4 is 5.32 Å². The maximum absolute atomic E-state index is 12.9. The number of hydrogen-bond acceptors (Lipinski definition) is 4. The minimum atomic E-state index is -4.52. The SMILES string of the molecule is O=C(CN1CCC[C@H]1c1nc(-c2ccccc2)n[nH]1)Nc1cc(C(F)(F)F)ccc1Cl. The Balaban J connectivity index is 1.45. The van der Waals surface area contributed by atoms with Crippen LogP contribution in [0.1, 0.15) is 30.3 Å². The van der Waals surface area contributed by atoms with Crippen molar-refractivity contribution >= 4 is 23.2 Å². The Kier molecular flexibility index (Phi) is 5.97. The third-order valence-electron chi connectivity index (χ3n) is 5.13. The molecular formula is C21H19ClF3N5O. The molecule has 2 heterocycles. The van der Waals surface area contributed by atoms with Crippen molar-refractivity contribution in [3.63, 3.8) is 0 Å². The van der Waals surface area contributed by atoms with Crippen LogP contribution in [0.5, 0.6) is 0 Å². The number of carbonyl (C=O) groups excluding carboxylic acids is 1. The zero-order valence-corrected chi connectivity index (χ0v) is 17.0. The normalized spacial score (nSPS) is 17.1. The van der Waals surface area contributed by atoms with Crippen molar-refractivity contribution in [1.29, 1.82) is 0 Å². The van der Waals surface area contributed by atoms with Gasteiger partial charge in [0.15, 0.2) is 5.82 Å². The summed E-state index contributed by atoms with van der Waals surface area (Å²) in [4.78, 5) is 19.0.